The van der Waals surface area contributed by atoms with Crippen molar-refractivity contribution in [3.05, 3.63) is 0 Å². The number of rotatable bonds is 0. The molecule has 0 aromatic rings. The Bertz CT molecular complexity index is 338. The predicted octanol–water partition coefficient (Wildman–Crippen LogP) is 2.85. The fourth-order valence-corrected chi connectivity index (χ4v) is 6.21. The Hall–Kier alpha value is -0.0400. The molecule has 0 aromatic carbocycles. The lowest BCUT2D eigenvalue weighted by atomic mass is 9.69. The van der Waals surface area contributed by atoms with Crippen LogP contribution >= 0.6 is 0 Å². The van der Waals surface area contributed by atoms with Crippen molar-refractivity contribution < 1.29 is 4.74 Å². The van der Waals surface area contributed by atoms with Gasteiger partial charge in [-0.1, -0.05) is 6.92 Å². The molecule has 1 spiro atoms. The molecular formula is C14H20O. The predicted molar refractivity (Wildman–Crippen MR) is 57.3 cm³/mol. The van der Waals surface area contributed by atoms with Crippen molar-refractivity contribution in [2.24, 2.45) is 35.0 Å². The first-order valence-electron chi connectivity index (χ1n) is 6.93. The lowest BCUT2D eigenvalue weighted by molar-refractivity contribution is -0.111. The summed E-state index contributed by atoms with van der Waals surface area (Å²) in [7, 11) is 0. The smallest absolute Gasteiger partial charge is 0.0666 e. The van der Waals surface area contributed by atoms with E-state index in [0.717, 1.165) is 29.6 Å². The molecule has 1 nitrogen and oxygen atoms in total. The number of hydrogen-bond donors (Lipinski definition) is 0. The summed E-state index contributed by atoms with van der Waals surface area (Å²) in [6.07, 6.45) is 8.96. The Morgan fingerprint density at radius 2 is 2.07 bits per heavy atom. The number of hydrogen-bond acceptors (Lipinski definition) is 1. The summed E-state index contributed by atoms with van der Waals surface area (Å²) >= 11 is 0. The molecule has 0 amide bonds. The van der Waals surface area contributed by atoms with Gasteiger partial charge in [-0.25, -0.2) is 0 Å². The van der Waals surface area contributed by atoms with Crippen molar-refractivity contribution in [1.29, 1.82) is 0 Å². The van der Waals surface area contributed by atoms with Crippen molar-refractivity contribution in [3.8, 4) is 0 Å². The molecule has 4 aliphatic carbocycles. The first kappa shape index (κ1) is 8.11. The maximum absolute atomic E-state index is 6.40. The number of ether oxygens (including phenoxy) is 1. The summed E-state index contributed by atoms with van der Waals surface area (Å²) < 4.78 is 6.40. The minimum Gasteiger partial charge on any atom is -0.374 e. The van der Waals surface area contributed by atoms with E-state index in [-0.39, 0.29) is 0 Å². The standard InChI is InChI=1S/C14H20O/c1-7-9-2-8-3-11-10-4-12(10)15-13(7)14(11,5-8)6-9/h7-13H,2-6H2,1H3. The van der Waals surface area contributed by atoms with Crippen LogP contribution in [-0.2, 0) is 4.74 Å². The molecule has 8 atom stereocenters. The fraction of sp³-hybridized carbons (Fsp3) is 1.00. The molecule has 15 heavy (non-hydrogen) atoms. The summed E-state index contributed by atoms with van der Waals surface area (Å²) in [6, 6.07) is 0. The van der Waals surface area contributed by atoms with Gasteiger partial charge in [-0.2, -0.15) is 0 Å². The molecule has 5 rings (SSSR count). The van der Waals surface area contributed by atoms with Gasteiger partial charge < -0.3 is 4.74 Å². The first-order chi connectivity index (χ1) is 7.28. The molecule has 1 heteroatoms. The van der Waals surface area contributed by atoms with Gasteiger partial charge >= 0.3 is 0 Å². The van der Waals surface area contributed by atoms with Crippen LogP contribution in [0.15, 0.2) is 0 Å². The monoisotopic (exact) mass is 204 g/mol. The Labute approximate surface area is 91.6 Å². The molecule has 4 saturated carbocycles. The van der Waals surface area contributed by atoms with Crippen molar-refractivity contribution in [2.45, 2.75) is 51.2 Å². The third-order valence-electron chi connectivity index (χ3n) is 6.68. The molecule has 0 N–H and O–H groups in total. The maximum atomic E-state index is 6.40. The van der Waals surface area contributed by atoms with Gasteiger partial charge in [-0.05, 0) is 61.7 Å². The van der Waals surface area contributed by atoms with E-state index in [1.807, 2.05) is 0 Å². The zero-order chi connectivity index (χ0) is 9.78. The first-order valence-corrected chi connectivity index (χ1v) is 6.93. The Balaban J connectivity index is 1.70. The molecular weight excluding hydrogens is 184 g/mol. The van der Waals surface area contributed by atoms with Crippen LogP contribution in [0.25, 0.3) is 0 Å². The van der Waals surface area contributed by atoms with E-state index in [1.165, 1.54) is 25.7 Å². The lowest BCUT2D eigenvalue weighted by Crippen LogP contribution is -2.43. The van der Waals surface area contributed by atoms with Gasteiger partial charge in [0.2, 0.25) is 0 Å². The fourth-order valence-electron chi connectivity index (χ4n) is 6.21. The zero-order valence-electron chi connectivity index (χ0n) is 9.49. The molecule has 1 saturated heterocycles. The summed E-state index contributed by atoms with van der Waals surface area (Å²) in [5, 5.41) is 0. The quantitative estimate of drug-likeness (QED) is 0.589. The van der Waals surface area contributed by atoms with E-state index >= 15 is 0 Å². The highest BCUT2D eigenvalue weighted by molar-refractivity contribution is 5.19. The average molecular weight is 204 g/mol. The summed E-state index contributed by atoms with van der Waals surface area (Å²) in [5.74, 6) is 5.07. The van der Waals surface area contributed by atoms with Gasteiger partial charge in [0.25, 0.3) is 0 Å². The third kappa shape index (κ3) is 0.740. The lowest BCUT2D eigenvalue weighted by Gasteiger charge is -2.42. The van der Waals surface area contributed by atoms with Gasteiger partial charge in [0.1, 0.15) is 0 Å². The van der Waals surface area contributed by atoms with E-state index in [2.05, 4.69) is 6.92 Å². The summed E-state index contributed by atoms with van der Waals surface area (Å²) in [6.45, 7) is 2.48. The summed E-state index contributed by atoms with van der Waals surface area (Å²) in [4.78, 5) is 0. The van der Waals surface area contributed by atoms with Crippen LogP contribution in [0.1, 0.15) is 39.0 Å². The normalized spacial score (nSPS) is 73.0. The van der Waals surface area contributed by atoms with Crippen molar-refractivity contribution in [1.82, 2.24) is 0 Å². The third-order valence-corrected chi connectivity index (χ3v) is 6.68. The largest absolute Gasteiger partial charge is 0.374 e. The Morgan fingerprint density at radius 1 is 1.13 bits per heavy atom. The Kier molecular flexibility index (Phi) is 1.17. The van der Waals surface area contributed by atoms with E-state index < -0.39 is 0 Å². The molecule has 82 valence electrons. The SMILES string of the molecule is CC1C2CC3CC4C5CC5OC1C4(C3)C2. The van der Waals surface area contributed by atoms with Crippen LogP contribution in [0.4, 0.5) is 0 Å². The van der Waals surface area contributed by atoms with Crippen molar-refractivity contribution in [2.75, 3.05) is 0 Å². The van der Waals surface area contributed by atoms with Crippen LogP contribution in [0.2, 0.25) is 0 Å². The van der Waals surface area contributed by atoms with Crippen molar-refractivity contribution in [3.63, 3.8) is 0 Å². The van der Waals surface area contributed by atoms with Crippen LogP contribution in [-0.4, -0.2) is 12.2 Å². The average Bonchev–Trinajstić information content (AvgIpc) is 2.90. The Morgan fingerprint density at radius 3 is 3.00 bits per heavy atom. The van der Waals surface area contributed by atoms with Gasteiger partial charge in [0, 0.05) is 5.41 Å². The van der Waals surface area contributed by atoms with Gasteiger partial charge in [-0.15, -0.1) is 0 Å². The van der Waals surface area contributed by atoms with Crippen LogP contribution in [0.3, 0.4) is 0 Å². The van der Waals surface area contributed by atoms with Crippen LogP contribution in [0.5, 0.6) is 0 Å². The molecule has 8 unspecified atom stereocenters. The second-order valence-electron chi connectivity index (χ2n) is 7.20. The minimum atomic E-state index is 0.670. The van der Waals surface area contributed by atoms with Gasteiger partial charge in [-0.3, -0.25) is 0 Å². The second kappa shape index (κ2) is 2.16. The van der Waals surface area contributed by atoms with Crippen LogP contribution in [0, 0.1) is 35.0 Å². The molecule has 3 bridgehead atoms. The summed E-state index contributed by atoms with van der Waals surface area (Å²) in [5.41, 5.74) is 0.685. The van der Waals surface area contributed by atoms with E-state index in [1.54, 1.807) is 6.42 Å². The topological polar surface area (TPSA) is 9.23 Å². The van der Waals surface area contributed by atoms with Gasteiger partial charge in [0.15, 0.2) is 0 Å². The zero-order valence-corrected chi connectivity index (χ0v) is 9.49. The number of fused-ring (bicyclic) bond motifs is 4. The van der Waals surface area contributed by atoms with E-state index in [9.17, 15) is 0 Å². The highest BCUT2D eigenvalue weighted by Gasteiger charge is 2.71. The highest BCUT2D eigenvalue weighted by atomic mass is 16.5. The molecule has 1 heterocycles. The second-order valence-corrected chi connectivity index (χ2v) is 7.20. The molecule has 0 aromatic heterocycles. The van der Waals surface area contributed by atoms with E-state index in [0.29, 0.717) is 17.6 Å². The minimum absolute atomic E-state index is 0.670. The molecule has 5 aliphatic rings. The van der Waals surface area contributed by atoms with Crippen molar-refractivity contribution >= 4 is 0 Å². The molecule has 0 radical (unpaired) electrons. The van der Waals surface area contributed by atoms with E-state index in [4.69, 9.17) is 4.74 Å². The maximum Gasteiger partial charge on any atom is 0.0666 e. The van der Waals surface area contributed by atoms with Gasteiger partial charge in [0.05, 0.1) is 12.2 Å². The molecule has 1 aliphatic heterocycles. The van der Waals surface area contributed by atoms with Crippen LogP contribution < -0.4 is 0 Å². The molecule has 5 fully saturated rings. The highest BCUT2D eigenvalue weighted by Crippen LogP contribution is 2.73.